The fraction of sp³-hybridized carbons (Fsp3) is 0.800. The molecule has 4 nitrogen and oxygen atoms in total. The van der Waals surface area contributed by atoms with Gasteiger partial charge in [0.2, 0.25) is 0 Å². The molecule has 114 valence electrons. The summed E-state index contributed by atoms with van der Waals surface area (Å²) < 4.78 is 0. The zero-order valence-electron chi connectivity index (χ0n) is 12.6. The first-order valence-electron chi connectivity index (χ1n) is 7.96. The summed E-state index contributed by atoms with van der Waals surface area (Å²) in [5, 5.41) is 4.08. The van der Waals surface area contributed by atoms with E-state index in [0.29, 0.717) is 5.15 Å². The first-order valence-corrected chi connectivity index (χ1v) is 8.33. The Morgan fingerprint density at radius 3 is 2.85 bits per heavy atom. The van der Waals surface area contributed by atoms with E-state index in [0.717, 1.165) is 37.4 Å². The van der Waals surface area contributed by atoms with Crippen LogP contribution in [0.4, 0.5) is 0 Å². The van der Waals surface area contributed by atoms with Gasteiger partial charge in [0.15, 0.2) is 5.15 Å². The lowest BCUT2D eigenvalue weighted by atomic mass is 10.2. The molecule has 0 saturated carbocycles. The van der Waals surface area contributed by atoms with E-state index in [1.165, 1.54) is 45.3 Å². The van der Waals surface area contributed by atoms with Crippen LogP contribution >= 0.6 is 11.6 Å². The van der Waals surface area contributed by atoms with Crippen LogP contribution in [-0.2, 0) is 13.0 Å². The summed E-state index contributed by atoms with van der Waals surface area (Å²) in [6.07, 6.45) is 7.28. The molecule has 5 heteroatoms. The minimum absolute atomic E-state index is 0.628. The number of halogens is 1. The van der Waals surface area contributed by atoms with Crippen molar-refractivity contribution in [1.29, 1.82) is 0 Å². The van der Waals surface area contributed by atoms with Gasteiger partial charge in [-0.2, -0.15) is 0 Å². The molecule has 1 aliphatic rings. The van der Waals surface area contributed by atoms with Crippen molar-refractivity contribution < 1.29 is 0 Å². The lowest BCUT2D eigenvalue weighted by Crippen LogP contribution is -2.24. The minimum atomic E-state index is 0.628. The molecule has 0 bridgehead atoms. The standard InChI is InChI=1S/C15H27ClN4/c1-2-3-7-14-18-13(15(16)19-14)12-17-8-6-11-20-9-4-5-10-20/h17H,2-12H2,1H3,(H,18,19). The monoisotopic (exact) mass is 298 g/mol. The topological polar surface area (TPSA) is 44.0 Å². The highest BCUT2D eigenvalue weighted by molar-refractivity contribution is 6.30. The van der Waals surface area contributed by atoms with E-state index in [1.807, 2.05) is 0 Å². The molecule has 1 fully saturated rings. The molecule has 0 aromatic carbocycles. The second-order valence-electron chi connectivity index (χ2n) is 5.64. The summed E-state index contributed by atoms with van der Waals surface area (Å²) >= 11 is 6.15. The van der Waals surface area contributed by atoms with Crippen LogP contribution in [0.2, 0.25) is 5.15 Å². The van der Waals surface area contributed by atoms with Crippen LogP contribution in [0.5, 0.6) is 0 Å². The fourth-order valence-electron chi connectivity index (χ4n) is 2.67. The van der Waals surface area contributed by atoms with Gasteiger partial charge < -0.3 is 15.2 Å². The molecule has 0 unspecified atom stereocenters. The number of nitrogens with zero attached hydrogens (tertiary/aromatic N) is 2. The average molecular weight is 299 g/mol. The van der Waals surface area contributed by atoms with Crippen LogP contribution in [0.15, 0.2) is 0 Å². The summed E-state index contributed by atoms with van der Waals surface area (Å²) in [4.78, 5) is 10.3. The van der Waals surface area contributed by atoms with E-state index in [1.54, 1.807) is 0 Å². The molecule has 0 atom stereocenters. The number of H-pyrrole nitrogens is 1. The summed E-state index contributed by atoms with van der Waals surface area (Å²) in [5.41, 5.74) is 1.03. The third-order valence-corrected chi connectivity index (χ3v) is 4.19. The number of hydrogen-bond acceptors (Lipinski definition) is 3. The first kappa shape index (κ1) is 15.8. The molecule has 1 aliphatic heterocycles. The number of rotatable bonds is 9. The van der Waals surface area contributed by atoms with E-state index in [-0.39, 0.29) is 0 Å². The van der Waals surface area contributed by atoms with Crippen molar-refractivity contribution in [3.05, 3.63) is 16.7 Å². The Morgan fingerprint density at radius 2 is 2.10 bits per heavy atom. The van der Waals surface area contributed by atoms with Crippen LogP contribution in [0.1, 0.15) is 50.5 Å². The van der Waals surface area contributed by atoms with E-state index < -0.39 is 0 Å². The van der Waals surface area contributed by atoms with Gasteiger partial charge in [-0.25, -0.2) is 4.98 Å². The van der Waals surface area contributed by atoms with Crippen molar-refractivity contribution in [3.63, 3.8) is 0 Å². The maximum atomic E-state index is 6.15. The van der Waals surface area contributed by atoms with Crippen LogP contribution in [0.25, 0.3) is 0 Å². The molecule has 1 aromatic heterocycles. The molecule has 1 aromatic rings. The van der Waals surface area contributed by atoms with Gasteiger partial charge in [0.25, 0.3) is 0 Å². The van der Waals surface area contributed by atoms with Crippen molar-refractivity contribution in [2.75, 3.05) is 26.2 Å². The Balaban J connectivity index is 1.61. The molecule has 0 aliphatic carbocycles. The molecule has 1 saturated heterocycles. The molecule has 0 spiro atoms. The van der Waals surface area contributed by atoms with Crippen LogP contribution in [0, 0.1) is 0 Å². The van der Waals surface area contributed by atoms with E-state index >= 15 is 0 Å². The van der Waals surface area contributed by atoms with Crippen molar-refractivity contribution >= 4 is 11.6 Å². The average Bonchev–Trinajstić information content (AvgIpc) is 3.06. The quantitative estimate of drug-likeness (QED) is 0.689. The fourth-order valence-corrected chi connectivity index (χ4v) is 2.88. The Hall–Kier alpha value is -0.580. The number of likely N-dealkylation sites (tertiary alicyclic amines) is 1. The Kier molecular flexibility index (Phi) is 6.83. The molecule has 0 amide bonds. The zero-order valence-corrected chi connectivity index (χ0v) is 13.3. The molecule has 0 radical (unpaired) electrons. The summed E-state index contributed by atoms with van der Waals surface area (Å²) in [7, 11) is 0. The SMILES string of the molecule is CCCCc1nc(Cl)c(CNCCCN2CCCC2)[nH]1. The van der Waals surface area contributed by atoms with Crippen molar-refractivity contribution in [2.45, 2.75) is 52.0 Å². The van der Waals surface area contributed by atoms with Gasteiger partial charge in [0.05, 0.1) is 5.69 Å². The number of nitrogens with one attached hydrogen (secondary N) is 2. The highest BCUT2D eigenvalue weighted by atomic mass is 35.5. The van der Waals surface area contributed by atoms with Gasteiger partial charge >= 0.3 is 0 Å². The number of aryl methyl sites for hydroxylation is 1. The lowest BCUT2D eigenvalue weighted by molar-refractivity contribution is 0.331. The maximum Gasteiger partial charge on any atom is 0.151 e. The normalized spacial score (nSPS) is 16.1. The van der Waals surface area contributed by atoms with Gasteiger partial charge in [0.1, 0.15) is 5.82 Å². The summed E-state index contributed by atoms with van der Waals surface area (Å²) in [6.45, 7) is 7.80. The highest BCUT2D eigenvalue weighted by Crippen LogP contribution is 2.14. The third kappa shape index (κ3) is 5.08. The zero-order chi connectivity index (χ0) is 14.2. The third-order valence-electron chi connectivity index (χ3n) is 3.87. The molecule has 20 heavy (non-hydrogen) atoms. The van der Waals surface area contributed by atoms with Crippen LogP contribution in [-0.4, -0.2) is 41.0 Å². The Labute approximate surface area is 127 Å². The lowest BCUT2D eigenvalue weighted by Gasteiger charge is -2.14. The number of hydrogen-bond donors (Lipinski definition) is 2. The smallest absolute Gasteiger partial charge is 0.151 e. The van der Waals surface area contributed by atoms with E-state index in [9.17, 15) is 0 Å². The molecular formula is C15H27ClN4. The van der Waals surface area contributed by atoms with Gasteiger partial charge in [-0.15, -0.1) is 0 Å². The molecule has 2 N–H and O–H groups in total. The highest BCUT2D eigenvalue weighted by Gasteiger charge is 2.10. The van der Waals surface area contributed by atoms with E-state index in [2.05, 4.69) is 27.1 Å². The van der Waals surface area contributed by atoms with Crippen molar-refractivity contribution in [1.82, 2.24) is 20.2 Å². The van der Waals surface area contributed by atoms with Crippen molar-refractivity contribution in [2.24, 2.45) is 0 Å². The molecule has 2 rings (SSSR count). The largest absolute Gasteiger partial charge is 0.344 e. The van der Waals surface area contributed by atoms with Crippen LogP contribution in [0.3, 0.4) is 0 Å². The van der Waals surface area contributed by atoms with Gasteiger partial charge in [-0.05, 0) is 51.9 Å². The number of aromatic nitrogens is 2. The summed E-state index contributed by atoms with van der Waals surface area (Å²) in [6, 6.07) is 0. The Bertz CT molecular complexity index is 385. The number of unbranched alkanes of at least 4 members (excludes halogenated alkanes) is 1. The second kappa shape index (κ2) is 8.65. The molecule has 2 heterocycles. The van der Waals surface area contributed by atoms with Gasteiger partial charge in [-0.1, -0.05) is 24.9 Å². The van der Waals surface area contributed by atoms with Crippen LogP contribution < -0.4 is 5.32 Å². The maximum absolute atomic E-state index is 6.15. The second-order valence-corrected chi connectivity index (χ2v) is 5.99. The first-order chi connectivity index (χ1) is 9.79. The van der Waals surface area contributed by atoms with E-state index in [4.69, 9.17) is 11.6 Å². The van der Waals surface area contributed by atoms with Gasteiger partial charge in [-0.3, -0.25) is 0 Å². The van der Waals surface area contributed by atoms with Crippen molar-refractivity contribution in [3.8, 4) is 0 Å². The Morgan fingerprint density at radius 1 is 1.30 bits per heavy atom. The minimum Gasteiger partial charge on any atom is -0.344 e. The predicted molar refractivity (Wildman–Crippen MR) is 84.2 cm³/mol. The summed E-state index contributed by atoms with van der Waals surface area (Å²) in [5.74, 6) is 1.02. The molecular weight excluding hydrogens is 272 g/mol. The predicted octanol–water partition coefficient (Wildman–Crippen LogP) is 2.98. The van der Waals surface area contributed by atoms with Gasteiger partial charge in [0, 0.05) is 13.0 Å². The number of aromatic amines is 1. The number of imidazole rings is 1.